The maximum Gasteiger partial charge on any atom is 0.132 e. The van der Waals surface area contributed by atoms with E-state index in [0.29, 0.717) is 0 Å². The van der Waals surface area contributed by atoms with Crippen molar-refractivity contribution in [1.29, 1.82) is 0 Å². The Labute approximate surface area is 105 Å². The topological polar surface area (TPSA) is 50.7 Å². The number of anilines is 2. The summed E-state index contributed by atoms with van der Waals surface area (Å²) >= 11 is 0. The van der Waals surface area contributed by atoms with Crippen LogP contribution in [0.3, 0.4) is 0 Å². The van der Waals surface area contributed by atoms with Gasteiger partial charge in [-0.1, -0.05) is 0 Å². The molecule has 88 valence electrons. The number of nitrogens with one attached hydrogen (secondary N) is 1. The normalized spacial score (nSPS) is 10.5. The van der Waals surface area contributed by atoms with E-state index in [4.69, 9.17) is 0 Å². The summed E-state index contributed by atoms with van der Waals surface area (Å²) in [6.45, 7) is 2.03. The average Bonchev–Trinajstić information content (AvgIpc) is 2.39. The van der Waals surface area contributed by atoms with E-state index in [1.807, 2.05) is 43.3 Å². The second kappa shape index (κ2) is 4.41. The number of fused-ring (bicyclic) bond motifs is 1. The molecule has 0 bridgehead atoms. The summed E-state index contributed by atoms with van der Waals surface area (Å²) in [6.07, 6.45) is 3.54. The van der Waals surface area contributed by atoms with E-state index in [-0.39, 0.29) is 0 Å². The third-order valence-corrected chi connectivity index (χ3v) is 2.63. The lowest BCUT2D eigenvalue weighted by molar-refractivity contribution is 1.25. The molecule has 0 amide bonds. The van der Waals surface area contributed by atoms with Crippen molar-refractivity contribution in [3.8, 4) is 0 Å². The summed E-state index contributed by atoms with van der Waals surface area (Å²) in [6, 6.07) is 11.6. The molecule has 0 unspecified atom stereocenters. The first-order chi connectivity index (χ1) is 8.81. The van der Waals surface area contributed by atoms with Crippen molar-refractivity contribution in [2.24, 2.45) is 0 Å². The standard InChI is InChI=1S/C14H12N4/c1-10-6-8-16-14(9-10)18-13-5-4-11-12(17-13)3-2-7-15-11/h2-9H,1H3,(H,16,17,18). The molecule has 18 heavy (non-hydrogen) atoms. The van der Waals surface area contributed by atoms with E-state index >= 15 is 0 Å². The van der Waals surface area contributed by atoms with Gasteiger partial charge in [0.25, 0.3) is 0 Å². The van der Waals surface area contributed by atoms with Crippen LogP contribution in [0.15, 0.2) is 48.8 Å². The van der Waals surface area contributed by atoms with Crippen LogP contribution in [0.2, 0.25) is 0 Å². The lowest BCUT2D eigenvalue weighted by Gasteiger charge is -2.06. The average molecular weight is 236 g/mol. The predicted octanol–water partition coefficient (Wildman–Crippen LogP) is 3.08. The fourth-order valence-electron chi connectivity index (χ4n) is 1.76. The number of nitrogens with zero attached hydrogens (tertiary/aromatic N) is 3. The minimum absolute atomic E-state index is 0.772. The lowest BCUT2D eigenvalue weighted by Crippen LogP contribution is -1.96. The largest absolute Gasteiger partial charge is 0.325 e. The molecule has 3 rings (SSSR count). The number of hydrogen-bond donors (Lipinski definition) is 1. The van der Waals surface area contributed by atoms with Crippen LogP contribution in [-0.2, 0) is 0 Å². The van der Waals surface area contributed by atoms with Gasteiger partial charge in [-0.2, -0.15) is 0 Å². The summed E-state index contributed by atoms with van der Waals surface area (Å²) in [5, 5.41) is 3.19. The third-order valence-electron chi connectivity index (χ3n) is 2.63. The van der Waals surface area contributed by atoms with Gasteiger partial charge in [0.15, 0.2) is 0 Å². The van der Waals surface area contributed by atoms with E-state index in [9.17, 15) is 0 Å². The molecule has 0 saturated carbocycles. The Hall–Kier alpha value is -2.49. The van der Waals surface area contributed by atoms with Gasteiger partial charge in [0.05, 0.1) is 11.0 Å². The zero-order valence-electron chi connectivity index (χ0n) is 9.96. The van der Waals surface area contributed by atoms with Gasteiger partial charge in [-0.05, 0) is 48.9 Å². The van der Waals surface area contributed by atoms with Gasteiger partial charge in [0.2, 0.25) is 0 Å². The minimum Gasteiger partial charge on any atom is -0.325 e. The zero-order valence-corrected chi connectivity index (χ0v) is 9.96. The molecule has 0 aromatic carbocycles. The van der Waals surface area contributed by atoms with Crippen LogP contribution in [0, 0.1) is 6.92 Å². The van der Waals surface area contributed by atoms with Gasteiger partial charge < -0.3 is 5.32 Å². The van der Waals surface area contributed by atoms with Crippen LogP contribution in [0.25, 0.3) is 11.0 Å². The first kappa shape index (κ1) is 10.7. The van der Waals surface area contributed by atoms with Crippen LogP contribution in [-0.4, -0.2) is 15.0 Å². The highest BCUT2D eigenvalue weighted by molar-refractivity contribution is 5.76. The van der Waals surface area contributed by atoms with E-state index in [0.717, 1.165) is 28.2 Å². The Morgan fingerprint density at radius 3 is 2.72 bits per heavy atom. The van der Waals surface area contributed by atoms with Crippen molar-refractivity contribution in [3.63, 3.8) is 0 Å². The molecule has 3 heterocycles. The van der Waals surface area contributed by atoms with Crippen molar-refractivity contribution < 1.29 is 0 Å². The van der Waals surface area contributed by atoms with Crippen molar-refractivity contribution in [1.82, 2.24) is 15.0 Å². The highest BCUT2D eigenvalue weighted by Gasteiger charge is 2.00. The number of aryl methyl sites for hydroxylation is 1. The molecule has 0 aliphatic carbocycles. The second-order valence-corrected chi connectivity index (χ2v) is 4.08. The summed E-state index contributed by atoms with van der Waals surface area (Å²) in [7, 11) is 0. The van der Waals surface area contributed by atoms with E-state index in [1.165, 1.54) is 0 Å². The molecular weight excluding hydrogens is 224 g/mol. The van der Waals surface area contributed by atoms with Crippen molar-refractivity contribution in [3.05, 3.63) is 54.4 Å². The SMILES string of the molecule is Cc1ccnc(Nc2ccc3ncccc3n2)c1. The molecule has 4 nitrogen and oxygen atoms in total. The number of rotatable bonds is 2. The van der Waals surface area contributed by atoms with Gasteiger partial charge in [-0.3, -0.25) is 4.98 Å². The number of aromatic nitrogens is 3. The van der Waals surface area contributed by atoms with Crippen molar-refractivity contribution in [2.75, 3.05) is 5.32 Å². The Kier molecular flexibility index (Phi) is 2.61. The Balaban J connectivity index is 1.95. The van der Waals surface area contributed by atoms with Crippen LogP contribution < -0.4 is 5.32 Å². The molecule has 0 radical (unpaired) electrons. The van der Waals surface area contributed by atoms with Crippen molar-refractivity contribution >= 4 is 22.7 Å². The van der Waals surface area contributed by atoms with Gasteiger partial charge in [-0.15, -0.1) is 0 Å². The molecule has 3 aromatic heterocycles. The molecule has 0 aliphatic heterocycles. The maximum atomic E-state index is 4.49. The smallest absolute Gasteiger partial charge is 0.132 e. The Morgan fingerprint density at radius 2 is 1.83 bits per heavy atom. The maximum absolute atomic E-state index is 4.49. The first-order valence-electron chi connectivity index (χ1n) is 5.73. The zero-order chi connectivity index (χ0) is 12.4. The van der Waals surface area contributed by atoms with Gasteiger partial charge in [0, 0.05) is 12.4 Å². The van der Waals surface area contributed by atoms with Crippen LogP contribution >= 0.6 is 0 Å². The molecule has 1 N–H and O–H groups in total. The van der Waals surface area contributed by atoms with E-state index in [1.54, 1.807) is 12.4 Å². The number of hydrogen-bond acceptors (Lipinski definition) is 4. The summed E-state index contributed by atoms with van der Waals surface area (Å²) in [4.78, 5) is 13.0. The fraction of sp³-hybridized carbons (Fsp3) is 0.0714. The molecule has 0 atom stereocenters. The quantitative estimate of drug-likeness (QED) is 0.742. The highest BCUT2D eigenvalue weighted by Crippen LogP contribution is 2.16. The minimum atomic E-state index is 0.772. The summed E-state index contributed by atoms with van der Waals surface area (Å²) in [5.41, 5.74) is 2.92. The number of pyridine rings is 3. The molecule has 0 spiro atoms. The molecule has 0 fully saturated rings. The predicted molar refractivity (Wildman–Crippen MR) is 71.8 cm³/mol. The first-order valence-corrected chi connectivity index (χ1v) is 5.73. The monoisotopic (exact) mass is 236 g/mol. The third kappa shape index (κ3) is 2.13. The molecule has 4 heteroatoms. The van der Waals surface area contributed by atoms with E-state index in [2.05, 4.69) is 20.3 Å². The second-order valence-electron chi connectivity index (χ2n) is 4.08. The van der Waals surface area contributed by atoms with Gasteiger partial charge in [-0.25, -0.2) is 9.97 Å². The Bertz CT molecular complexity index is 694. The molecule has 0 aliphatic rings. The summed E-state index contributed by atoms with van der Waals surface area (Å²) in [5.74, 6) is 1.57. The van der Waals surface area contributed by atoms with Gasteiger partial charge >= 0.3 is 0 Å². The lowest BCUT2D eigenvalue weighted by atomic mass is 10.3. The highest BCUT2D eigenvalue weighted by atomic mass is 15.1. The van der Waals surface area contributed by atoms with Crippen LogP contribution in [0.5, 0.6) is 0 Å². The molecular formula is C14H12N4. The van der Waals surface area contributed by atoms with E-state index < -0.39 is 0 Å². The molecule has 3 aromatic rings. The van der Waals surface area contributed by atoms with Crippen molar-refractivity contribution in [2.45, 2.75) is 6.92 Å². The molecule has 0 saturated heterocycles. The van der Waals surface area contributed by atoms with Gasteiger partial charge in [0.1, 0.15) is 11.6 Å². The fourth-order valence-corrected chi connectivity index (χ4v) is 1.76. The summed E-state index contributed by atoms with van der Waals surface area (Å²) < 4.78 is 0. The Morgan fingerprint density at radius 1 is 0.889 bits per heavy atom. The van der Waals surface area contributed by atoms with Crippen LogP contribution in [0.4, 0.5) is 11.6 Å². The van der Waals surface area contributed by atoms with Crippen LogP contribution in [0.1, 0.15) is 5.56 Å².